The maximum Gasteiger partial charge on any atom is 0.308 e. The van der Waals surface area contributed by atoms with E-state index in [1.54, 1.807) is 19.1 Å². The van der Waals surface area contributed by atoms with Crippen LogP contribution in [-0.2, 0) is 16.0 Å². The molecule has 30 heavy (non-hydrogen) atoms. The molecule has 3 atom stereocenters. The van der Waals surface area contributed by atoms with Gasteiger partial charge in [-0.05, 0) is 68.9 Å². The van der Waals surface area contributed by atoms with Crippen molar-refractivity contribution >= 4 is 11.7 Å². The van der Waals surface area contributed by atoms with Crippen LogP contribution in [0, 0.1) is 5.92 Å². The molecule has 1 aliphatic carbocycles. The highest BCUT2D eigenvalue weighted by Crippen LogP contribution is 2.36. The first-order chi connectivity index (χ1) is 14.4. The minimum Gasteiger partial charge on any atom is -0.466 e. The summed E-state index contributed by atoms with van der Waals surface area (Å²) in [6, 6.07) is 7.53. The highest BCUT2D eigenvalue weighted by Gasteiger charge is 2.35. The van der Waals surface area contributed by atoms with Crippen molar-refractivity contribution in [3.05, 3.63) is 52.4 Å². The first kappa shape index (κ1) is 23.9. The van der Waals surface area contributed by atoms with E-state index >= 15 is 0 Å². The quantitative estimate of drug-likeness (QED) is 0.130. The number of benzene rings is 1. The SMILES string of the molecule is CCOC(=O)C[C@]1(O)CCC[C@@H](/C=C/C(O)CCCCc2ccc(N=[N+]=[N-])cc2)C1. The normalized spacial score (nSPS) is 22.4. The third-order valence-electron chi connectivity index (χ3n) is 5.56. The molecule has 0 aromatic heterocycles. The number of rotatable bonds is 11. The molecule has 0 saturated heterocycles. The summed E-state index contributed by atoms with van der Waals surface area (Å²) in [7, 11) is 0. The Bertz CT molecular complexity index is 743. The predicted molar refractivity (Wildman–Crippen MR) is 116 cm³/mol. The van der Waals surface area contributed by atoms with E-state index in [-0.39, 0.29) is 18.3 Å². The summed E-state index contributed by atoms with van der Waals surface area (Å²) < 4.78 is 4.97. The summed E-state index contributed by atoms with van der Waals surface area (Å²) in [5.74, 6) is -0.181. The van der Waals surface area contributed by atoms with Crippen molar-refractivity contribution in [3.63, 3.8) is 0 Å². The molecule has 1 unspecified atom stereocenters. The van der Waals surface area contributed by atoms with Gasteiger partial charge in [-0.3, -0.25) is 4.79 Å². The highest BCUT2D eigenvalue weighted by atomic mass is 16.5. The molecule has 0 aliphatic heterocycles. The molecule has 7 nitrogen and oxygen atoms in total. The van der Waals surface area contributed by atoms with Gasteiger partial charge in [-0.25, -0.2) is 0 Å². The van der Waals surface area contributed by atoms with Crippen LogP contribution in [0.2, 0.25) is 0 Å². The zero-order chi connectivity index (χ0) is 21.8. The maximum absolute atomic E-state index is 11.7. The van der Waals surface area contributed by atoms with Crippen LogP contribution in [0.15, 0.2) is 41.5 Å². The van der Waals surface area contributed by atoms with Crippen LogP contribution in [0.25, 0.3) is 10.4 Å². The van der Waals surface area contributed by atoms with Crippen LogP contribution in [0.4, 0.5) is 5.69 Å². The molecule has 0 spiro atoms. The molecule has 0 amide bonds. The average molecular weight is 416 g/mol. The van der Waals surface area contributed by atoms with Gasteiger partial charge in [-0.2, -0.15) is 0 Å². The summed E-state index contributed by atoms with van der Waals surface area (Å²) in [6.07, 6.45) is 9.79. The van der Waals surface area contributed by atoms with Crippen LogP contribution in [0.3, 0.4) is 0 Å². The van der Waals surface area contributed by atoms with E-state index in [4.69, 9.17) is 10.3 Å². The molecule has 1 aliphatic rings. The number of ether oxygens (including phenoxy) is 1. The Labute approximate surface area is 178 Å². The molecule has 1 fully saturated rings. The van der Waals surface area contributed by atoms with Gasteiger partial charge in [0.15, 0.2) is 0 Å². The lowest BCUT2D eigenvalue weighted by molar-refractivity contribution is -0.150. The molecule has 0 heterocycles. The molecule has 0 radical (unpaired) electrons. The molecular formula is C23H33N3O4. The number of carbonyl (C=O) groups excluding carboxylic acids is 1. The summed E-state index contributed by atoms with van der Waals surface area (Å²) in [5, 5.41) is 24.5. The number of esters is 1. The summed E-state index contributed by atoms with van der Waals surface area (Å²) in [6.45, 7) is 2.09. The molecule has 164 valence electrons. The molecule has 7 heteroatoms. The summed E-state index contributed by atoms with van der Waals surface area (Å²) in [4.78, 5) is 14.5. The fourth-order valence-electron chi connectivity index (χ4n) is 4.04. The van der Waals surface area contributed by atoms with Crippen molar-refractivity contribution in [1.29, 1.82) is 0 Å². The van der Waals surface area contributed by atoms with Crippen molar-refractivity contribution in [2.45, 2.75) is 76.4 Å². The van der Waals surface area contributed by atoms with Gasteiger partial charge in [0.1, 0.15) is 0 Å². The van der Waals surface area contributed by atoms with Gasteiger partial charge in [0.25, 0.3) is 0 Å². The number of carbonyl (C=O) groups is 1. The Balaban J connectivity index is 1.70. The standard InChI is InChI=1S/C23H33N3O4/c1-2-30-22(28)17-23(29)15-5-7-19(16-23)11-14-21(27)8-4-3-6-18-9-12-20(13-10-18)25-26-24/h9-14,19,21,27,29H,2-8,15-17H2,1H3/b14-11+/t19-,21?,23-/m0/s1. The molecular weight excluding hydrogens is 382 g/mol. The number of hydrogen-bond acceptors (Lipinski definition) is 5. The van der Waals surface area contributed by atoms with Gasteiger partial charge in [-0.1, -0.05) is 48.0 Å². The highest BCUT2D eigenvalue weighted by molar-refractivity contribution is 5.70. The van der Waals surface area contributed by atoms with Crippen molar-refractivity contribution in [1.82, 2.24) is 0 Å². The van der Waals surface area contributed by atoms with Crippen molar-refractivity contribution in [2.24, 2.45) is 11.0 Å². The van der Waals surface area contributed by atoms with Crippen molar-refractivity contribution < 1.29 is 19.7 Å². The second kappa shape index (κ2) is 12.4. The smallest absolute Gasteiger partial charge is 0.308 e. The van der Waals surface area contributed by atoms with E-state index in [0.29, 0.717) is 31.6 Å². The number of aryl methyl sites for hydroxylation is 1. The minimum absolute atomic E-state index is 0.0393. The lowest BCUT2D eigenvalue weighted by Crippen LogP contribution is -2.37. The number of azide groups is 1. The number of hydrogen-bond donors (Lipinski definition) is 2. The van der Waals surface area contributed by atoms with Gasteiger partial charge in [0, 0.05) is 10.6 Å². The van der Waals surface area contributed by atoms with Gasteiger partial charge in [0.2, 0.25) is 0 Å². The topological polar surface area (TPSA) is 116 Å². The number of allylic oxidation sites excluding steroid dienone is 1. The third kappa shape index (κ3) is 8.57. The molecule has 1 aromatic rings. The Hall–Kier alpha value is -2.34. The predicted octanol–water partition coefficient (Wildman–Crippen LogP) is 5.13. The molecule has 2 rings (SSSR count). The Kier molecular flexibility index (Phi) is 9.87. The lowest BCUT2D eigenvalue weighted by atomic mass is 9.76. The van der Waals surface area contributed by atoms with Crippen LogP contribution in [-0.4, -0.2) is 34.5 Å². The number of aliphatic hydroxyl groups is 2. The second-order valence-corrected chi connectivity index (χ2v) is 8.12. The maximum atomic E-state index is 11.7. The minimum atomic E-state index is -1.00. The van der Waals surface area contributed by atoms with E-state index in [1.807, 2.05) is 24.3 Å². The van der Waals surface area contributed by atoms with Crippen molar-refractivity contribution in [3.8, 4) is 0 Å². The van der Waals surface area contributed by atoms with E-state index < -0.39 is 11.7 Å². The van der Waals surface area contributed by atoms with Gasteiger partial charge < -0.3 is 14.9 Å². The van der Waals surface area contributed by atoms with E-state index in [9.17, 15) is 15.0 Å². The van der Waals surface area contributed by atoms with Crippen LogP contribution in [0.1, 0.15) is 63.9 Å². The Morgan fingerprint density at radius 1 is 1.40 bits per heavy atom. The lowest BCUT2D eigenvalue weighted by Gasteiger charge is -2.35. The third-order valence-corrected chi connectivity index (χ3v) is 5.56. The number of aliphatic hydroxyl groups excluding tert-OH is 1. The van der Waals surface area contributed by atoms with E-state index in [1.165, 1.54) is 5.56 Å². The monoisotopic (exact) mass is 415 g/mol. The summed E-state index contributed by atoms with van der Waals surface area (Å²) >= 11 is 0. The number of unbranched alkanes of at least 4 members (excludes halogenated alkanes) is 1. The zero-order valence-corrected chi connectivity index (χ0v) is 17.7. The first-order valence-corrected chi connectivity index (χ1v) is 10.8. The van der Waals surface area contributed by atoms with Crippen molar-refractivity contribution in [2.75, 3.05) is 6.61 Å². The molecule has 2 N–H and O–H groups in total. The van der Waals surface area contributed by atoms with Gasteiger partial charge in [-0.15, -0.1) is 0 Å². The second-order valence-electron chi connectivity index (χ2n) is 8.12. The van der Waals surface area contributed by atoms with Gasteiger partial charge >= 0.3 is 5.97 Å². The molecule has 1 aromatic carbocycles. The van der Waals surface area contributed by atoms with Crippen LogP contribution >= 0.6 is 0 Å². The number of nitrogens with zero attached hydrogens (tertiary/aromatic N) is 3. The Morgan fingerprint density at radius 2 is 2.17 bits per heavy atom. The first-order valence-electron chi connectivity index (χ1n) is 10.8. The van der Waals surface area contributed by atoms with Crippen LogP contribution in [0.5, 0.6) is 0 Å². The van der Waals surface area contributed by atoms with E-state index in [0.717, 1.165) is 32.1 Å². The summed E-state index contributed by atoms with van der Waals surface area (Å²) in [5.41, 5.74) is 9.21. The fourth-order valence-corrected chi connectivity index (χ4v) is 4.04. The average Bonchev–Trinajstić information content (AvgIpc) is 2.71. The fraction of sp³-hybridized carbons (Fsp3) is 0.609. The zero-order valence-electron chi connectivity index (χ0n) is 17.7. The largest absolute Gasteiger partial charge is 0.466 e. The van der Waals surface area contributed by atoms with Gasteiger partial charge in [0.05, 0.1) is 24.7 Å². The van der Waals surface area contributed by atoms with E-state index in [2.05, 4.69) is 10.0 Å². The van der Waals surface area contributed by atoms with Crippen LogP contribution < -0.4 is 0 Å². The Morgan fingerprint density at radius 3 is 2.87 bits per heavy atom. The molecule has 0 bridgehead atoms. The molecule has 1 saturated carbocycles.